The third-order valence-electron chi connectivity index (χ3n) is 3.57. The number of piperazine rings is 1. The highest BCUT2D eigenvalue weighted by molar-refractivity contribution is 14.0. The topological polar surface area (TPSA) is 91.0 Å². The van der Waals surface area contributed by atoms with Gasteiger partial charge >= 0.3 is 0 Å². The SMILES string of the molecule is CCCN=C(NCC)N1CCN(S(=O)(=O)Cc2ccon2)CC1.I. The second kappa shape index (κ2) is 10.2. The normalized spacial score (nSPS) is 16.8. The number of aromatic nitrogens is 1. The first kappa shape index (κ1) is 21.2. The molecule has 2 rings (SSSR count). The van der Waals surface area contributed by atoms with Crippen molar-refractivity contribution < 1.29 is 12.9 Å². The van der Waals surface area contributed by atoms with Crippen LogP contribution < -0.4 is 5.32 Å². The van der Waals surface area contributed by atoms with Crippen LogP contribution in [0.1, 0.15) is 26.0 Å². The van der Waals surface area contributed by atoms with E-state index in [9.17, 15) is 8.42 Å². The van der Waals surface area contributed by atoms with Gasteiger partial charge in [-0.2, -0.15) is 4.31 Å². The van der Waals surface area contributed by atoms with E-state index in [2.05, 4.69) is 27.3 Å². The van der Waals surface area contributed by atoms with Crippen molar-refractivity contribution >= 4 is 40.0 Å². The molecule has 8 nitrogen and oxygen atoms in total. The highest BCUT2D eigenvalue weighted by Crippen LogP contribution is 2.12. The molecule has 0 radical (unpaired) electrons. The molecule has 1 aliphatic rings. The predicted octanol–water partition coefficient (Wildman–Crippen LogP) is 1.12. The van der Waals surface area contributed by atoms with Gasteiger partial charge in [0.25, 0.3) is 0 Å². The molecule has 1 saturated heterocycles. The number of rotatable bonds is 6. The quantitative estimate of drug-likeness (QED) is 0.380. The van der Waals surface area contributed by atoms with Crippen LogP contribution >= 0.6 is 24.0 Å². The Hall–Kier alpha value is -0.880. The number of halogens is 1. The minimum absolute atomic E-state index is 0. The lowest BCUT2D eigenvalue weighted by atomic mass is 10.4. The number of nitrogens with one attached hydrogen (secondary N) is 1. The van der Waals surface area contributed by atoms with Crippen molar-refractivity contribution in [3.05, 3.63) is 18.0 Å². The molecule has 0 spiro atoms. The summed E-state index contributed by atoms with van der Waals surface area (Å²) >= 11 is 0. The zero-order chi connectivity index (χ0) is 16.7. The summed E-state index contributed by atoms with van der Waals surface area (Å²) in [5.74, 6) is 0.746. The standard InChI is InChI=1S/C14H25N5O3S.HI/c1-3-6-16-14(15-4-2)18-7-9-19(10-8-18)23(20,21)12-13-5-11-22-17-13;/h5,11H,3-4,6-10,12H2,1-2H3,(H,15,16);1H. The van der Waals surface area contributed by atoms with Gasteiger partial charge in [0.1, 0.15) is 12.0 Å². The van der Waals surface area contributed by atoms with Crippen molar-refractivity contribution in [1.29, 1.82) is 0 Å². The Morgan fingerprint density at radius 2 is 2.04 bits per heavy atom. The van der Waals surface area contributed by atoms with Crippen LogP contribution in [0, 0.1) is 0 Å². The van der Waals surface area contributed by atoms with Crippen molar-refractivity contribution in [2.45, 2.75) is 26.0 Å². The van der Waals surface area contributed by atoms with Gasteiger partial charge in [0.15, 0.2) is 5.96 Å². The van der Waals surface area contributed by atoms with Crippen molar-refractivity contribution in [2.75, 3.05) is 39.3 Å². The van der Waals surface area contributed by atoms with Crippen LogP contribution in [0.15, 0.2) is 21.8 Å². The number of hydrogen-bond donors (Lipinski definition) is 1. The molecule has 138 valence electrons. The monoisotopic (exact) mass is 471 g/mol. The lowest BCUT2D eigenvalue weighted by molar-refractivity contribution is 0.260. The summed E-state index contributed by atoms with van der Waals surface area (Å²) in [5, 5.41) is 6.94. The summed E-state index contributed by atoms with van der Waals surface area (Å²) in [7, 11) is -3.36. The maximum Gasteiger partial charge on any atom is 0.220 e. The zero-order valence-electron chi connectivity index (χ0n) is 14.1. The van der Waals surface area contributed by atoms with Crippen LogP contribution in [0.25, 0.3) is 0 Å². The van der Waals surface area contributed by atoms with E-state index < -0.39 is 10.0 Å². The summed E-state index contributed by atoms with van der Waals surface area (Å²) in [5.41, 5.74) is 0.435. The second-order valence-corrected chi connectivity index (χ2v) is 7.34. The van der Waals surface area contributed by atoms with Crippen LogP contribution in [0.2, 0.25) is 0 Å². The molecule has 0 unspecified atom stereocenters. The summed E-state index contributed by atoms with van der Waals surface area (Å²) in [6.07, 6.45) is 2.37. The maximum atomic E-state index is 12.4. The first-order valence-electron chi connectivity index (χ1n) is 7.97. The number of sulfonamides is 1. The van der Waals surface area contributed by atoms with Crippen LogP contribution in [0.3, 0.4) is 0 Å². The molecule has 0 aromatic carbocycles. The maximum absolute atomic E-state index is 12.4. The highest BCUT2D eigenvalue weighted by atomic mass is 127. The van der Waals surface area contributed by atoms with Gasteiger partial charge in [-0.25, -0.2) is 8.42 Å². The molecule has 10 heteroatoms. The van der Waals surface area contributed by atoms with Gasteiger partial charge in [0.2, 0.25) is 10.0 Å². The third kappa shape index (κ3) is 5.88. The zero-order valence-corrected chi connectivity index (χ0v) is 17.3. The Morgan fingerprint density at radius 1 is 1.33 bits per heavy atom. The van der Waals surface area contributed by atoms with Gasteiger partial charge < -0.3 is 14.7 Å². The Labute approximate surface area is 160 Å². The largest absolute Gasteiger partial charge is 0.364 e. The van der Waals surface area contributed by atoms with E-state index in [-0.39, 0.29) is 29.7 Å². The van der Waals surface area contributed by atoms with Gasteiger partial charge in [0.05, 0.1) is 5.69 Å². The van der Waals surface area contributed by atoms with Gasteiger partial charge in [-0.3, -0.25) is 4.99 Å². The smallest absolute Gasteiger partial charge is 0.220 e. The molecule has 0 bridgehead atoms. The number of aliphatic imine (C=N–C) groups is 1. The predicted molar refractivity (Wildman–Crippen MR) is 104 cm³/mol. The molecule has 1 fully saturated rings. The van der Waals surface area contributed by atoms with Crippen LogP contribution in [-0.4, -0.2) is 68.0 Å². The molecule has 0 saturated carbocycles. The molecule has 24 heavy (non-hydrogen) atoms. The van der Waals surface area contributed by atoms with Gasteiger partial charge in [-0.15, -0.1) is 24.0 Å². The Bertz CT molecular complexity index is 598. The van der Waals surface area contributed by atoms with E-state index in [1.54, 1.807) is 6.07 Å². The van der Waals surface area contributed by atoms with Gasteiger partial charge in [-0.1, -0.05) is 12.1 Å². The fraction of sp³-hybridized carbons (Fsp3) is 0.714. The van der Waals surface area contributed by atoms with Crippen molar-refractivity contribution in [2.24, 2.45) is 4.99 Å². The summed E-state index contributed by atoms with van der Waals surface area (Å²) in [6.45, 7) is 7.86. The molecule has 1 aromatic rings. The molecule has 0 atom stereocenters. The van der Waals surface area contributed by atoms with E-state index in [0.29, 0.717) is 31.9 Å². The lowest BCUT2D eigenvalue weighted by Gasteiger charge is -2.35. The number of nitrogens with zero attached hydrogens (tertiary/aromatic N) is 4. The van der Waals surface area contributed by atoms with Crippen LogP contribution in [0.4, 0.5) is 0 Å². The van der Waals surface area contributed by atoms with Crippen molar-refractivity contribution in [3.63, 3.8) is 0 Å². The minimum atomic E-state index is -3.36. The van der Waals surface area contributed by atoms with E-state index in [1.807, 2.05) is 6.92 Å². The first-order valence-corrected chi connectivity index (χ1v) is 9.58. The van der Waals surface area contributed by atoms with Crippen LogP contribution in [-0.2, 0) is 15.8 Å². The summed E-state index contributed by atoms with van der Waals surface area (Å²) < 4.78 is 31.0. The average molecular weight is 471 g/mol. The molecular weight excluding hydrogens is 445 g/mol. The molecule has 2 heterocycles. The second-order valence-electron chi connectivity index (χ2n) is 5.37. The molecular formula is C14H26IN5O3S. The Kier molecular flexibility index (Phi) is 8.98. The average Bonchev–Trinajstić information content (AvgIpc) is 3.04. The molecule has 1 aliphatic heterocycles. The summed E-state index contributed by atoms with van der Waals surface area (Å²) in [4.78, 5) is 6.66. The Morgan fingerprint density at radius 3 is 2.58 bits per heavy atom. The molecule has 0 amide bonds. The fourth-order valence-electron chi connectivity index (χ4n) is 2.41. The molecule has 0 aliphatic carbocycles. The van der Waals surface area contributed by atoms with E-state index in [0.717, 1.165) is 25.5 Å². The van der Waals surface area contributed by atoms with Crippen molar-refractivity contribution in [3.8, 4) is 0 Å². The number of guanidine groups is 1. The van der Waals surface area contributed by atoms with Gasteiger partial charge in [0, 0.05) is 45.3 Å². The van der Waals surface area contributed by atoms with Gasteiger partial charge in [-0.05, 0) is 13.3 Å². The van der Waals surface area contributed by atoms with Crippen molar-refractivity contribution in [1.82, 2.24) is 19.7 Å². The minimum Gasteiger partial charge on any atom is -0.364 e. The molecule has 1 N–H and O–H groups in total. The summed E-state index contributed by atoms with van der Waals surface area (Å²) in [6, 6.07) is 1.58. The lowest BCUT2D eigenvalue weighted by Crippen LogP contribution is -2.53. The van der Waals surface area contributed by atoms with E-state index in [4.69, 9.17) is 4.52 Å². The first-order chi connectivity index (χ1) is 11.1. The fourth-order valence-corrected chi connectivity index (χ4v) is 3.84. The molecule has 1 aromatic heterocycles. The van der Waals surface area contributed by atoms with Crippen LogP contribution in [0.5, 0.6) is 0 Å². The number of hydrogen-bond acceptors (Lipinski definition) is 5. The third-order valence-corrected chi connectivity index (χ3v) is 5.39. The van der Waals surface area contributed by atoms with E-state index in [1.165, 1.54) is 10.6 Å². The highest BCUT2D eigenvalue weighted by Gasteiger charge is 2.28. The van der Waals surface area contributed by atoms with E-state index >= 15 is 0 Å². The Balaban J connectivity index is 0.00000288.